The number of hydrogen-bond acceptors (Lipinski definition) is 2. The number of halogens is 9. The highest BCUT2D eigenvalue weighted by Gasteiger charge is 2.37. The minimum absolute atomic E-state index is 0.0296. The maximum atomic E-state index is 13.1. The van der Waals surface area contributed by atoms with E-state index in [-0.39, 0.29) is 24.7 Å². The lowest BCUT2D eigenvalue weighted by Gasteiger charge is -2.16. The number of benzene rings is 2. The summed E-state index contributed by atoms with van der Waals surface area (Å²) in [4.78, 5) is 0. The highest BCUT2D eigenvalue weighted by atomic mass is 19.4. The number of hydrogen-bond donors (Lipinski definition) is 2. The Hall–Kier alpha value is -2.27. The molecule has 2 nitrogen and oxygen atoms in total. The van der Waals surface area contributed by atoms with Gasteiger partial charge in [-0.2, -0.15) is 39.5 Å². The van der Waals surface area contributed by atoms with Gasteiger partial charge in [-0.3, -0.25) is 0 Å². The second-order valence-electron chi connectivity index (χ2n) is 7.81. The first-order valence-electron chi connectivity index (χ1n) is 10.6. The molecule has 0 aromatic heterocycles. The van der Waals surface area contributed by atoms with E-state index in [1.165, 1.54) is 6.07 Å². The van der Waals surface area contributed by atoms with Crippen molar-refractivity contribution in [2.45, 2.75) is 57.8 Å². The molecule has 2 rings (SSSR count). The Bertz CT molecular complexity index is 899. The summed E-state index contributed by atoms with van der Waals surface area (Å²) in [5.74, 6) is 0. The summed E-state index contributed by atoms with van der Waals surface area (Å²) < 4.78 is 118. The minimum atomic E-state index is -4.98. The van der Waals surface area contributed by atoms with Crippen LogP contribution in [0.3, 0.4) is 0 Å². The van der Waals surface area contributed by atoms with Gasteiger partial charge in [0.05, 0.1) is 16.7 Å². The molecular weight excluding hydrogens is 475 g/mol. The zero-order valence-electron chi connectivity index (χ0n) is 18.3. The average molecular weight is 500 g/mol. The van der Waals surface area contributed by atoms with E-state index >= 15 is 0 Å². The fourth-order valence-electron chi connectivity index (χ4n) is 3.42. The molecule has 0 radical (unpaired) electrons. The van der Waals surface area contributed by atoms with Crippen LogP contribution in [0.1, 0.15) is 53.1 Å². The fraction of sp³-hybridized carbons (Fsp3) is 0.478. The molecule has 2 N–H and O–H groups in total. The van der Waals surface area contributed by atoms with E-state index in [0.717, 1.165) is 31.6 Å². The molecule has 0 bridgehead atoms. The molecule has 2 aromatic rings. The van der Waals surface area contributed by atoms with Gasteiger partial charge < -0.3 is 10.6 Å². The Morgan fingerprint density at radius 2 is 1.21 bits per heavy atom. The van der Waals surface area contributed by atoms with Crippen molar-refractivity contribution in [2.24, 2.45) is 0 Å². The van der Waals surface area contributed by atoms with Crippen molar-refractivity contribution in [1.82, 2.24) is 10.6 Å². The van der Waals surface area contributed by atoms with Crippen molar-refractivity contribution in [3.8, 4) is 0 Å². The number of nitrogens with one attached hydrogen (secondary N) is 2. The van der Waals surface area contributed by atoms with Crippen LogP contribution in [0.25, 0.3) is 0 Å². The second-order valence-corrected chi connectivity index (χ2v) is 7.81. The molecule has 0 spiro atoms. The van der Waals surface area contributed by atoms with Gasteiger partial charge in [-0.15, -0.1) is 0 Å². The van der Waals surface area contributed by atoms with Crippen LogP contribution < -0.4 is 10.6 Å². The van der Waals surface area contributed by atoms with Crippen LogP contribution in [0.2, 0.25) is 0 Å². The van der Waals surface area contributed by atoms with Gasteiger partial charge in [-0.25, -0.2) is 0 Å². The SMILES string of the molecule is CCNCCCCc1ccc(C(F)(F)F)cc1CNCc1cc(C(F)(F)F)cc(C(F)(F)F)c1. The van der Waals surface area contributed by atoms with Gasteiger partial charge in [0.2, 0.25) is 0 Å². The zero-order valence-corrected chi connectivity index (χ0v) is 18.3. The summed E-state index contributed by atoms with van der Waals surface area (Å²) in [5.41, 5.74) is -3.11. The Kier molecular flexibility index (Phi) is 9.41. The number of aryl methyl sites for hydroxylation is 1. The van der Waals surface area contributed by atoms with Crippen molar-refractivity contribution in [2.75, 3.05) is 13.1 Å². The van der Waals surface area contributed by atoms with Crippen molar-refractivity contribution >= 4 is 0 Å². The zero-order chi connectivity index (χ0) is 25.6. The number of rotatable bonds is 10. The molecule has 11 heteroatoms. The Labute approximate surface area is 191 Å². The third-order valence-corrected chi connectivity index (χ3v) is 5.13. The molecule has 0 aliphatic rings. The van der Waals surface area contributed by atoms with Gasteiger partial charge in [0.25, 0.3) is 0 Å². The Balaban J connectivity index is 2.20. The Morgan fingerprint density at radius 3 is 1.74 bits per heavy atom. The lowest BCUT2D eigenvalue weighted by Crippen LogP contribution is -2.18. The molecule has 0 aliphatic carbocycles. The van der Waals surface area contributed by atoms with Gasteiger partial charge >= 0.3 is 18.5 Å². The van der Waals surface area contributed by atoms with E-state index in [1.54, 1.807) is 0 Å². The molecule has 0 saturated carbocycles. The second kappa shape index (κ2) is 11.4. The van der Waals surface area contributed by atoms with Crippen LogP contribution in [-0.4, -0.2) is 13.1 Å². The molecule has 0 heterocycles. The van der Waals surface area contributed by atoms with Gasteiger partial charge in [-0.1, -0.05) is 13.0 Å². The Morgan fingerprint density at radius 1 is 0.618 bits per heavy atom. The highest BCUT2D eigenvalue weighted by molar-refractivity contribution is 5.35. The first-order valence-corrected chi connectivity index (χ1v) is 10.6. The molecule has 0 atom stereocenters. The van der Waals surface area contributed by atoms with Crippen molar-refractivity contribution < 1.29 is 39.5 Å². The van der Waals surface area contributed by atoms with Crippen molar-refractivity contribution in [3.05, 3.63) is 69.8 Å². The quantitative estimate of drug-likeness (QED) is 0.272. The van der Waals surface area contributed by atoms with Gasteiger partial charge in [0, 0.05) is 13.1 Å². The number of alkyl halides is 9. The molecule has 0 aliphatic heterocycles. The van der Waals surface area contributed by atoms with Crippen LogP contribution in [0.5, 0.6) is 0 Å². The summed E-state index contributed by atoms with van der Waals surface area (Å²) in [7, 11) is 0. The predicted octanol–water partition coefficient (Wildman–Crippen LogP) is 6.97. The summed E-state index contributed by atoms with van der Waals surface area (Å²) in [6, 6.07) is 4.50. The molecule has 0 unspecified atom stereocenters. The van der Waals surface area contributed by atoms with E-state index in [2.05, 4.69) is 10.6 Å². The summed E-state index contributed by atoms with van der Waals surface area (Å²) >= 11 is 0. The molecule has 190 valence electrons. The fourth-order valence-corrected chi connectivity index (χ4v) is 3.42. The largest absolute Gasteiger partial charge is 0.416 e. The first kappa shape index (κ1) is 28.0. The molecule has 2 aromatic carbocycles. The smallest absolute Gasteiger partial charge is 0.317 e. The lowest BCUT2D eigenvalue weighted by atomic mass is 9.98. The van der Waals surface area contributed by atoms with Gasteiger partial charge in [-0.05, 0) is 79.4 Å². The van der Waals surface area contributed by atoms with Crippen LogP contribution in [0, 0.1) is 0 Å². The molecule has 0 saturated heterocycles. The van der Waals surface area contributed by atoms with E-state index in [1.807, 2.05) is 6.92 Å². The van der Waals surface area contributed by atoms with Crippen molar-refractivity contribution in [1.29, 1.82) is 0 Å². The van der Waals surface area contributed by atoms with Gasteiger partial charge in [0.15, 0.2) is 0 Å². The van der Waals surface area contributed by atoms with Crippen LogP contribution in [-0.2, 0) is 38.0 Å². The summed E-state index contributed by atoms with van der Waals surface area (Å²) in [6.45, 7) is 2.96. The van der Waals surface area contributed by atoms with Crippen LogP contribution in [0.4, 0.5) is 39.5 Å². The van der Waals surface area contributed by atoms with Crippen LogP contribution >= 0.6 is 0 Å². The topological polar surface area (TPSA) is 24.1 Å². The third-order valence-electron chi connectivity index (χ3n) is 5.13. The summed E-state index contributed by atoms with van der Waals surface area (Å²) in [5, 5.41) is 5.83. The highest BCUT2D eigenvalue weighted by Crippen LogP contribution is 2.36. The monoisotopic (exact) mass is 500 g/mol. The van der Waals surface area contributed by atoms with E-state index < -0.39 is 35.2 Å². The molecule has 0 fully saturated rings. The molecule has 34 heavy (non-hydrogen) atoms. The predicted molar refractivity (Wildman–Crippen MR) is 110 cm³/mol. The van der Waals surface area contributed by atoms with E-state index in [0.29, 0.717) is 36.1 Å². The average Bonchev–Trinajstić information content (AvgIpc) is 2.72. The van der Waals surface area contributed by atoms with Crippen LogP contribution in [0.15, 0.2) is 36.4 Å². The maximum Gasteiger partial charge on any atom is 0.416 e. The molecule has 0 amide bonds. The number of unbranched alkanes of at least 4 members (excludes halogenated alkanes) is 1. The van der Waals surface area contributed by atoms with Crippen molar-refractivity contribution in [3.63, 3.8) is 0 Å². The lowest BCUT2D eigenvalue weighted by molar-refractivity contribution is -0.143. The standard InChI is InChI=1S/C23H25F9N2/c1-2-33-8-4-3-5-16-6-7-18(21(24,25)26)11-17(16)14-34-13-15-9-19(22(27,28)29)12-20(10-15)23(30,31)32/h6-7,9-12,33-34H,2-5,8,13-14H2,1H3. The van der Waals surface area contributed by atoms with E-state index in [9.17, 15) is 39.5 Å². The first-order chi connectivity index (χ1) is 15.7. The molecular formula is C23H25F9N2. The van der Waals surface area contributed by atoms with E-state index in [4.69, 9.17) is 0 Å². The minimum Gasteiger partial charge on any atom is -0.317 e. The summed E-state index contributed by atoms with van der Waals surface area (Å²) in [6.07, 6.45) is -12.5. The third kappa shape index (κ3) is 8.50. The van der Waals surface area contributed by atoms with Gasteiger partial charge in [0.1, 0.15) is 0 Å². The maximum absolute atomic E-state index is 13.1. The normalized spacial score (nSPS) is 12.9.